The number of aryl methyl sites for hydroxylation is 1. The molecule has 3 aromatic heterocycles. The van der Waals surface area contributed by atoms with Crippen molar-refractivity contribution >= 4 is 17.7 Å². The smallest absolute Gasteiger partial charge is 0.331 e. The lowest BCUT2D eigenvalue weighted by atomic mass is 10.2. The molecular formula is C21H19N5O2. The predicted molar refractivity (Wildman–Crippen MR) is 104 cm³/mol. The van der Waals surface area contributed by atoms with Gasteiger partial charge in [-0.25, -0.2) is 14.5 Å². The normalized spacial score (nSPS) is 11.3. The molecule has 0 aliphatic carbocycles. The van der Waals surface area contributed by atoms with Gasteiger partial charge >= 0.3 is 5.97 Å². The standard InChI is InChI=1S/C21H19N5O2/c1-16-7-9-20-22-19(13-25(20)11-16)15-28-21(27)10-8-18-14-26(24-23-18)12-17-5-3-2-4-6-17/h2-11,13-14H,12,15H2,1H3/b10-8+. The molecule has 0 unspecified atom stereocenters. The molecule has 3 heterocycles. The Kier molecular flexibility index (Phi) is 4.97. The molecule has 28 heavy (non-hydrogen) atoms. The Morgan fingerprint density at radius 2 is 1.96 bits per heavy atom. The van der Waals surface area contributed by atoms with Crippen LogP contribution in [0.5, 0.6) is 0 Å². The van der Waals surface area contributed by atoms with Crippen LogP contribution in [0.15, 0.2) is 67.1 Å². The van der Waals surface area contributed by atoms with Crippen LogP contribution in [0.3, 0.4) is 0 Å². The summed E-state index contributed by atoms with van der Waals surface area (Å²) in [6.07, 6.45) is 8.54. The van der Waals surface area contributed by atoms with Crippen molar-refractivity contribution in [2.45, 2.75) is 20.1 Å². The number of nitrogens with zero attached hydrogens (tertiary/aromatic N) is 5. The average Bonchev–Trinajstić information content (AvgIpc) is 3.31. The number of carbonyl (C=O) groups is 1. The van der Waals surface area contributed by atoms with Crippen LogP contribution in [0.25, 0.3) is 11.7 Å². The van der Waals surface area contributed by atoms with Gasteiger partial charge in [0.05, 0.1) is 18.4 Å². The quantitative estimate of drug-likeness (QED) is 0.384. The Morgan fingerprint density at radius 3 is 2.82 bits per heavy atom. The summed E-state index contributed by atoms with van der Waals surface area (Å²) in [5.41, 5.74) is 4.38. The van der Waals surface area contributed by atoms with Gasteiger partial charge in [0.2, 0.25) is 0 Å². The van der Waals surface area contributed by atoms with E-state index >= 15 is 0 Å². The van der Waals surface area contributed by atoms with Crippen molar-refractivity contribution in [1.82, 2.24) is 24.4 Å². The van der Waals surface area contributed by atoms with Gasteiger partial charge in [0.15, 0.2) is 0 Å². The number of benzene rings is 1. The third-order valence-corrected chi connectivity index (χ3v) is 4.15. The van der Waals surface area contributed by atoms with Crippen LogP contribution < -0.4 is 0 Å². The molecule has 0 radical (unpaired) electrons. The predicted octanol–water partition coefficient (Wildman–Crippen LogP) is 3.04. The molecule has 140 valence electrons. The molecule has 7 nitrogen and oxygen atoms in total. The highest BCUT2D eigenvalue weighted by molar-refractivity contribution is 5.86. The van der Waals surface area contributed by atoms with E-state index in [1.54, 1.807) is 17.0 Å². The number of ether oxygens (including phenoxy) is 1. The van der Waals surface area contributed by atoms with Gasteiger partial charge < -0.3 is 9.14 Å². The van der Waals surface area contributed by atoms with E-state index in [1.807, 2.05) is 66.2 Å². The Bertz CT molecular complexity index is 1130. The summed E-state index contributed by atoms with van der Waals surface area (Å²) in [4.78, 5) is 16.4. The highest BCUT2D eigenvalue weighted by Crippen LogP contribution is 2.09. The minimum Gasteiger partial charge on any atom is -0.456 e. The molecule has 0 N–H and O–H groups in total. The topological polar surface area (TPSA) is 74.3 Å². The van der Waals surface area contributed by atoms with E-state index in [4.69, 9.17) is 4.74 Å². The van der Waals surface area contributed by atoms with E-state index < -0.39 is 5.97 Å². The second-order valence-corrected chi connectivity index (χ2v) is 6.47. The summed E-state index contributed by atoms with van der Waals surface area (Å²) in [6, 6.07) is 13.9. The van der Waals surface area contributed by atoms with E-state index in [9.17, 15) is 4.79 Å². The van der Waals surface area contributed by atoms with E-state index in [-0.39, 0.29) is 6.61 Å². The van der Waals surface area contributed by atoms with Gasteiger partial charge in [0.1, 0.15) is 17.9 Å². The molecule has 4 rings (SSSR count). The zero-order valence-electron chi connectivity index (χ0n) is 15.4. The molecule has 0 amide bonds. The van der Waals surface area contributed by atoms with Crippen molar-refractivity contribution < 1.29 is 9.53 Å². The van der Waals surface area contributed by atoms with Gasteiger partial charge in [0.25, 0.3) is 0 Å². The first-order valence-corrected chi connectivity index (χ1v) is 8.89. The van der Waals surface area contributed by atoms with E-state index in [0.29, 0.717) is 17.9 Å². The van der Waals surface area contributed by atoms with Crippen LogP contribution in [-0.4, -0.2) is 30.3 Å². The van der Waals surface area contributed by atoms with Crippen molar-refractivity contribution in [3.63, 3.8) is 0 Å². The second-order valence-electron chi connectivity index (χ2n) is 6.47. The monoisotopic (exact) mass is 373 g/mol. The van der Waals surface area contributed by atoms with Crippen LogP contribution in [0.1, 0.15) is 22.5 Å². The van der Waals surface area contributed by atoms with Gasteiger partial charge in [-0.15, -0.1) is 5.10 Å². The van der Waals surface area contributed by atoms with Crippen LogP contribution in [0.4, 0.5) is 0 Å². The minimum absolute atomic E-state index is 0.116. The average molecular weight is 373 g/mol. The Labute approximate surface area is 161 Å². The fourth-order valence-corrected chi connectivity index (χ4v) is 2.81. The maximum absolute atomic E-state index is 12.0. The SMILES string of the molecule is Cc1ccc2nc(COC(=O)/C=C/c3cn(Cc4ccccc4)nn3)cn2c1. The first-order chi connectivity index (χ1) is 13.7. The van der Waals surface area contributed by atoms with Gasteiger partial charge in [-0.05, 0) is 30.2 Å². The van der Waals surface area contributed by atoms with Crippen molar-refractivity contribution in [3.8, 4) is 0 Å². The summed E-state index contributed by atoms with van der Waals surface area (Å²) in [5.74, 6) is -0.453. The second kappa shape index (κ2) is 7.87. The number of imidazole rings is 1. The molecule has 0 aliphatic rings. The summed E-state index contributed by atoms with van der Waals surface area (Å²) < 4.78 is 8.89. The van der Waals surface area contributed by atoms with Crippen LogP contribution >= 0.6 is 0 Å². The fourth-order valence-electron chi connectivity index (χ4n) is 2.81. The largest absolute Gasteiger partial charge is 0.456 e. The Balaban J connectivity index is 1.32. The number of carbonyl (C=O) groups excluding carboxylic acids is 1. The number of rotatable bonds is 6. The highest BCUT2D eigenvalue weighted by atomic mass is 16.5. The number of hydrogen-bond acceptors (Lipinski definition) is 5. The number of hydrogen-bond donors (Lipinski definition) is 0. The molecule has 1 aromatic carbocycles. The molecule has 7 heteroatoms. The van der Waals surface area contributed by atoms with Gasteiger partial charge in [-0.3, -0.25) is 0 Å². The summed E-state index contributed by atoms with van der Waals surface area (Å²) in [7, 11) is 0. The van der Waals surface area contributed by atoms with Crippen LogP contribution in [0, 0.1) is 6.92 Å². The molecule has 4 aromatic rings. The lowest BCUT2D eigenvalue weighted by Gasteiger charge is -1.99. The van der Waals surface area contributed by atoms with E-state index in [0.717, 1.165) is 16.8 Å². The Hall–Kier alpha value is -3.74. The Morgan fingerprint density at radius 1 is 1.11 bits per heavy atom. The first-order valence-electron chi connectivity index (χ1n) is 8.89. The van der Waals surface area contributed by atoms with Crippen molar-refractivity contribution in [2.24, 2.45) is 0 Å². The number of esters is 1. The molecule has 0 spiro atoms. The van der Waals surface area contributed by atoms with Gasteiger partial charge in [-0.2, -0.15) is 0 Å². The molecule has 0 fully saturated rings. The summed E-state index contributed by atoms with van der Waals surface area (Å²) in [5, 5.41) is 8.11. The minimum atomic E-state index is -0.453. The van der Waals surface area contributed by atoms with Gasteiger partial charge in [-0.1, -0.05) is 41.6 Å². The lowest BCUT2D eigenvalue weighted by molar-refractivity contribution is -0.139. The summed E-state index contributed by atoms with van der Waals surface area (Å²) >= 11 is 0. The number of aromatic nitrogens is 5. The van der Waals surface area contributed by atoms with Crippen LogP contribution in [-0.2, 0) is 22.7 Å². The van der Waals surface area contributed by atoms with Gasteiger partial charge in [0, 0.05) is 18.5 Å². The zero-order valence-corrected chi connectivity index (χ0v) is 15.4. The van der Waals surface area contributed by atoms with Crippen molar-refractivity contribution in [1.29, 1.82) is 0 Å². The third-order valence-electron chi connectivity index (χ3n) is 4.15. The van der Waals surface area contributed by atoms with E-state index in [2.05, 4.69) is 15.3 Å². The molecule has 0 saturated heterocycles. The maximum Gasteiger partial charge on any atom is 0.331 e. The number of pyridine rings is 1. The summed E-state index contributed by atoms with van der Waals surface area (Å²) in [6.45, 7) is 2.75. The van der Waals surface area contributed by atoms with E-state index in [1.165, 1.54) is 6.08 Å². The number of fused-ring (bicyclic) bond motifs is 1. The third kappa shape index (κ3) is 4.32. The molecule has 0 saturated carbocycles. The molecule has 0 atom stereocenters. The fraction of sp³-hybridized carbons (Fsp3) is 0.143. The highest BCUT2D eigenvalue weighted by Gasteiger charge is 2.05. The molecule has 0 aliphatic heterocycles. The van der Waals surface area contributed by atoms with Crippen LogP contribution in [0.2, 0.25) is 0 Å². The van der Waals surface area contributed by atoms with Crippen molar-refractivity contribution in [3.05, 3.63) is 89.6 Å². The lowest BCUT2D eigenvalue weighted by Crippen LogP contribution is -2.00. The zero-order chi connectivity index (χ0) is 19.3. The van der Waals surface area contributed by atoms with Crippen molar-refractivity contribution in [2.75, 3.05) is 0 Å². The maximum atomic E-state index is 12.0. The molecule has 0 bridgehead atoms. The molecular weight excluding hydrogens is 354 g/mol. The first kappa shape index (κ1) is 17.7.